The fourth-order valence-corrected chi connectivity index (χ4v) is 10.3. The number of halogens is 1. The van der Waals surface area contributed by atoms with Gasteiger partial charge in [-0.15, -0.1) is 0 Å². The molecule has 0 saturated carbocycles. The summed E-state index contributed by atoms with van der Waals surface area (Å²) in [7, 11) is 0. The molecule has 0 aromatic heterocycles. The Morgan fingerprint density at radius 1 is 0.821 bits per heavy atom. The van der Waals surface area contributed by atoms with Crippen molar-refractivity contribution in [3.05, 3.63) is 33.4 Å². The van der Waals surface area contributed by atoms with Crippen LogP contribution in [-0.4, -0.2) is 23.9 Å². The van der Waals surface area contributed by atoms with Crippen LogP contribution < -0.4 is 0 Å². The third-order valence-electron chi connectivity index (χ3n) is 3.65. The maximum atomic E-state index is 12.6. The van der Waals surface area contributed by atoms with Gasteiger partial charge in [0, 0.05) is 0 Å². The summed E-state index contributed by atoms with van der Waals surface area (Å²) in [6, 6.07) is 6.03. The van der Waals surface area contributed by atoms with E-state index < -0.39 is 42.6 Å². The van der Waals surface area contributed by atoms with Gasteiger partial charge < -0.3 is 0 Å². The molecule has 28 heavy (non-hydrogen) atoms. The normalized spacial score (nSPS) is 17.4. The zero-order valence-electron chi connectivity index (χ0n) is 16.2. The molecule has 8 nitrogen and oxygen atoms in total. The average Bonchev–Trinajstić information content (AvgIpc) is 2.84. The summed E-state index contributed by atoms with van der Waals surface area (Å²) >= 11 is -6.19. The molecule has 0 amide bonds. The molecule has 0 unspecified atom stereocenters. The first-order valence-electron chi connectivity index (χ1n) is 9.20. The number of hydrogen-bond acceptors (Lipinski definition) is 8. The van der Waals surface area contributed by atoms with Crippen LogP contribution in [0.1, 0.15) is 69.7 Å². The van der Waals surface area contributed by atoms with Gasteiger partial charge in [-0.05, 0) is 0 Å². The number of carbonyl (C=O) groups is 4. The van der Waals surface area contributed by atoms with E-state index in [0.29, 0.717) is 19.3 Å². The van der Waals surface area contributed by atoms with Crippen LogP contribution in [0.3, 0.4) is 0 Å². The summed E-state index contributed by atoms with van der Waals surface area (Å²) in [6.07, 6.45) is 1.28. The van der Waals surface area contributed by atoms with E-state index in [2.05, 4.69) is 0 Å². The fourth-order valence-electron chi connectivity index (χ4n) is 2.49. The van der Waals surface area contributed by atoms with Gasteiger partial charge in [-0.2, -0.15) is 0 Å². The van der Waals surface area contributed by atoms with Crippen molar-refractivity contribution >= 4 is 42.6 Å². The number of benzene rings is 1. The third-order valence-corrected chi connectivity index (χ3v) is 11.4. The monoisotopic (exact) mass is 508 g/mol. The Labute approximate surface area is 166 Å². The molecule has 1 aromatic rings. The van der Waals surface area contributed by atoms with Crippen molar-refractivity contribution in [3.63, 3.8) is 0 Å². The molecule has 156 valence electrons. The second kappa shape index (κ2) is 8.89. The molecule has 0 bridgehead atoms. The van der Waals surface area contributed by atoms with Crippen molar-refractivity contribution in [2.75, 3.05) is 0 Å². The van der Waals surface area contributed by atoms with Gasteiger partial charge in [0.25, 0.3) is 0 Å². The third kappa shape index (κ3) is 4.29. The van der Waals surface area contributed by atoms with Crippen LogP contribution in [0, 0.1) is 3.57 Å². The maximum absolute atomic E-state index is 12.6. The summed E-state index contributed by atoms with van der Waals surface area (Å²) in [5.41, 5.74) is 0.0505. The van der Waals surface area contributed by atoms with Crippen LogP contribution in [0.2, 0.25) is 0 Å². The molecule has 0 saturated heterocycles. The van der Waals surface area contributed by atoms with Crippen LogP contribution in [0.15, 0.2) is 24.3 Å². The van der Waals surface area contributed by atoms with Gasteiger partial charge in [0.2, 0.25) is 0 Å². The zero-order chi connectivity index (χ0) is 20.8. The van der Waals surface area contributed by atoms with Gasteiger partial charge in [-0.1, -0.05) is 0 Å². The number of rotatable bonds is 9. The molecule has 0 aliphatic carbocycles. The molecule has 1 aromatic carbocycles. The van der Waals surface area contributed by atoms with Gasteiger partial charge in [-0.3, -0.25) is 0 Å². The van der Waals surface area contributed by atoms with Gasteiger partial charge in [0.05, 0.1) is 0 Å². The van der Waals surface area contributed by atoms with Gasteiger partial charge in [0.1, 0.15) is 0 Å². The van der Waals surface area contributed by atoms with E-state index in [1.807, 2.05) is 0 Å². The van der Waals surface area contributed by atoms with Gasteiger partial charge in [-0.25, -0.2) is 0 Å². The van der Waals surface area contributed by atoms with E-state index in [9.17, 15) is 19.2 Å². The first-order valence-corrected chi connectivity index (χ1v) is 13.8. The zero-order valence-corrected chi connectivity index (χ0v) is 18.4. The summed E-state index contributed by atoms with van der Waals surface area (Å²) in [6.45, 7) is 5.27. The first kappa shape index (κ1) is 22.1. The second-order valence-electron chi connectivity index (χ2n) is 6.13. The first-order chi connectivity index (χ1) is 13.3. The standard InChI is InChI=1S/C19H25IO8/c1-4-9-16(21)25-20(26-17(22)10-5-2,27-18(23)11-6-3)15-13-8-7-12-14(15)19(24)28-20/h7-8,12-13H,4-6,9-11H2,1-3H3. The molecule has 0 spiro atoms. The van der Waals surface area contributed by atoms with Gasteiger partial charge in [0.15, 0.2) is 0 Å². The minimum atomic E-state index is -6.19. The van der Waals surface area contributed by atoms with E-state index in [0.717, 1.165) is 0 Å². The van der Waals surface area contributed by atoms with Crippen LogP contribution in [-0.2, 0) is 26.6 Å². The Morgan fingerprint density at radius 3 is 1.68 bits per heavy atom. The van der Waals surface area contributed by atoms with E-state index in [4.69, 9.17) is 12.3 Å². The molecule has 1 aliphatic heterocycles. The van der Waals surface area contributed by atoms with Crippen LogP contribution in [0.5, 0.6) is 0 Å². The second-order valence-corrected chi connectivity index (χ2v) is 13.0. The van der Waals surface area contributed by atoms with E-state index in [1.54, 1.807) is 32.9 Å². The van der Waals surface area contributed by atoms with Crippen molar-refractivity contribution in [3.8, 4) is 0 Å². The average molecular weight is 508 g/mol. The van der Waals surface area contributed by atoms with E-state index in [-0.39, 0.29) is 28.4 Å². The van der Waals surface area contributed by atoms with Crippen LogP contribution in [0.25, 0.3) is 0 Å². The quantitative estimate of drug-likeness (QED) is 0.455. The van der Waals surface area contributed by atoms with Crippen molar-refractivity contribution in [2.24, 2.45) is 0 Å². The van der Waals surface area contributed by atoms with Gasteiger partial charge >= 0.3 is 167 Å². The number of hydrogen-bond donors (Lipinski definition) is 0. The molecule has 0 atom stereocenters. The van der Waals surface area contributed by atoms with Crippen molar-refractivity contribution in [1.29, 1.82) is 0 Å². The van der Waals surface area contributed by atoms with Crippen LogP contribution >= 0.6 is 18.7 Å². The topological polar surface area (TPSA) is 105 Å². The molecule has 0 radical (unpaired) electrons. The predicted octanol–water partition coefficient (Wildman–Crippen LogP) is 4.29. The molecule has 1 heterocycles. The van der Waals surface area contributed by atoms with Crippen molar-refractivity contribution < 1.29 is 31.4 Å². The summed E-state index contributed by atoms with van der Waals surface area (Å²) in [5.74, 6) is -3.17. The Hall–Kier alpha value is -2.17. The Morgan fingerprint density at radius 2 is 1.25 bits per heavy atom. The minimum absolute atomic E-state index is 0.0197. The molecule has 0 fully saturated rings. The SMILES string of the molecule is CCCC(=O)OI1(OC(=O)CCC)(OC(=O)CCC)OC(=O)c2ccccc21. The predicted molar refractivity (Wildman–Crippen MR) is 108 cm³/mol. The molecule has 0 N–H and O–H groups in total. The van der Waals surface area contributed by atoms with Crippen molar-refractivity contribution in [2.45, 2.75) is 59.3 Å². The number of carbonyl (C=O) groups excluding carboxylic acids is 4. The fraction of sp³-hybridized carbons (Fsp3) is 0.474. The molecular weight excluding hydrogens is 483 g/mol. The van der Waals surface area contributed by atoms with Crippen molar-refractivity contribution in [1.82, 2.24) is 0 Å². The van der Waals surface area contributed by atoms with E-state index in [1.165, 1.54) is 12.1 Å². The van der Waals surface area contributed by atoms with Crippen LogP contribution in [0.4, 0.5) is 0 Å². The summed E-state index contributed by atoms with van der Waals surface area (Å²) in [5, 5.41) is 0. The molecule has 2 rings (SSSR count). The Bertz CT molecular complexity index is 735. The Balaban J connectivity index is 2.69. The number of fused-ring (bicyclic) bond motifs is 1. The summed E-state index contributed by atoms with van der Waals surface area (Å²) < 4.78 is 22.2. The molecular formula is C19H25IO8. The van der Waals surface area contributed by atoms with E-state index >= 15 is 0 Å². The Kier molecular flexibility index (Phi) is 7.02. The summed E-state index contributed by atoms with van der Waals surface area (Å²) in [4.78, 5) is 49.9. The molecule has 9 heteroatoms. The molecule has 1 aliphatic rings.